The molecule has 0 saturated heterocycles. The van der Waals surface area contributed by atoms with Gasteiger partial charge in [-0.15, -0.1) is 0 Å². The number of hydrogen-bond acceptors (Lipinski definition) is 2. The van der Waals surface area contributed by atoms with E-state index in [1.807, 2.05) is 6.08 Å². The van der Waals surface area contributed by atoms with E-state index in [2.05, 4.69) is 273 Å². The maximum absolute atomic E-state index is 4.03. The molecule has 0 aromatic heterocycles. The molecule has 0 atom stereocenters. The van der Waals surface area contributed by atoms with Crippen molar-refractivity contribution in [2.75, 3.05) is 9.80 Å². The van der Waals surface area contributed by atoms with Crippen LogP contribution in [0.4, 0.5) is 34.1 Å². The largest absolute Gasteiger partial charge is 0.311 e. The van der Waals surface area contributed by atoms with Crippen molar-refractivity contribution in [1.29, 1.82) is 0 Å². The summed E-state index contributed by atoms with van der Waals surface area (Å²) in [5.41, 5.74) is 30.7. The molecule has 0 spiro atoms. The van der Waals surface area contributed by atoms with E-state index in [0.29, 0.717) is 0 Å². The lowest BCUT2D eigenvalue weighted by Crippen LogP contribution is -2.27. The van der Waals surface area contributed by atoms with Gasteiger partial charge in [0.15, 0.2) is 0 Å². The Morgan fingerprint density at radius 2 is 0.559 bits per heavy atom. The zero-order valence-corrected chi connectivity index (χ0v) is 64.8. The third-order valence-corrected chi connectivity index (χ3v) is 23.6. The van der Waals surface area contributed by atoms with Gasteiger partial charge in [0.25, 0.3) is 0 Å². The van der Waals surface area contributed by atoms with Gasteiger partial charge in [-0.2, -0.15) is 0 Å². The molecule has 2 heteroatoms. The molecule has 536 valence electrons. The topological polar surface area (TPSA) is 6.48 Å². The number of hydrogen-bond donors (Lipinski definition) is 0. The molecule has 11 rings (SSSR count). The fraction of sp³-hybridized carbons (Fsp3) is 0.440. The molecule has 0 heterocycles. The lowest BCUT2D eigenvalue weighted by Gasteiger charge is -2.35. The van der Waals surface area contributed by atoms with E-state index in [1.54, 1.807) is 33.4 Å². The van der Waals surface area contributed by atoms with Crippen molar-refractivity contribution in [2.45, 2.75) is 284 Å². The highest BCUT2D eigenvalue weighted by atomic mass is 15.1. The van der Waals surface area contributed by atoms with Crippen LogP contribution in [0.25, 0.3) is 28.3 Å². The van der Waals surface area contributed by atoms with Gasteiger partial charge in [-0.05, 0) is 233 Å². The fourth-order valence-corrected chi connectivity index (χ4v) is 17.4. The van der Waals surface area contributed by atoms with Gasteiger partial charge in [-0.25, -0.2) is 0 Å². The molecule has 9 aromatic rings. The summed E-state index contributed by atoms with van der Waals surface area (Å²) in [6.07, 6.45) is 42.6. The van der Waals surface area contributed by atoms with E-state index >= 15 is 0 Å². The summed E-state index contributed by atoms with van der Waals surface area (Å²) in [7, 11) is 0. The Labute approximate surface area is 619 Å². The molecule has 2 nitrogen and oxygen atoms in total. The van der Waals surface area contributed by atoms with Crippen molar-refractivity contribution in [3.63, 3.8) is 0 Å². The van der Waals surface area contributed by atoms with Crippen LogP contribution in [0.3, 0.4) is 0 Å². The van der Waals surface area contributed by atoms with Crippen molar-refractivity contribution in [3.05, 3.63) is 267 Å². The van der Waals surface area contributed by atoms with Gasteiger partial charge in [0.05, 0.1) is 0 Å². The highest BCUT2D eigenvalue weighted by molar-refractivity contribution is 5.90. The van der Waals surface area contributed by atoms with E-state index in [9.17, 15) is 0 Å². The summed E-state index contributed by atoms with van der Waals surface area (Å²) in [5, 5.41) is 0. The first-order valence-electron chi connectivity index (χ1n) is 41.0. The summed E-state index contributed by atoms with van der Waals surface area (Å²) in [5.74, 6) is 0. The van der Waals surface area contributed by atoms with E-state index in [4.69, 9.17) is 0 Å². The fourth-order valence-electron chi connectivity index (χ4n) is 17.4. The number of nitrogens with zero attached hydrogens (tertiary/aromatic N) is 2. The average Bonchev–Trinajstić information content (AvgIpc) is 1.53. The molecule has 0 aliphatic heterocycles. The van der Waals surface area contributed by atoms with Crippen LogP contribution in [-0.4, -0.2) is 0 Å². The molecule has 2 aliphatic carbocycles. The number of rotatable bonds is 41. The zero-order chi connectivity index (χ0) is 71.3. The van der Waals surface area contributed by atoms with Crippen LogP contribution in [0.15, 0.2) is 201 Å². The standard InChI is InChI=1S/C100H126N2/c1-11-16-20-24-28-32-68-99(69-33-29-25-21-17-12-2)94-72-81(42-40-79-46-60-87(61-47-79)101(84-54-36-76(6)37-55-84)86-58-44-78(15-5)45-59-86)50-66-90(94)92-74-97-93(75-96(92)99)91-67-51-82(73-95(91)100(97,70-34-30-26-22-18-13-3)71-35-31-27-23-19-14-4)43-41-80-48-62-88(63-49-80)102(85-56-38-77(7)39-57-85)89-64-52-83(53-65-89)98(8,9)10/h15,36-39,44-67,72-75H,5,11-14,16-35,40-43,68-71H2,1-4,6-10H3. The van der Waals surface area contributed by atoms with Crippen molar-refractivity contribution in [1.82, 2.24) is 0 Å². The Bertz CT molecular complexity index is 4010. The predicted molar refractivity (Wildman–Crippen MR) is 446 cm³/mol. The Hall–Kier alpha value is -7.68. The zero-order valence-electron chi connectivity index (χ0n) is 64.8. The predicted octanol–water partition coefficient (Wildman–Crippen LogP) is 30.3. The lowest BCUT2D eigenvalue weighted by atomic mass is 9.68. The van der Waals surface area contributed by atoms with Crippen molar-refractivity contribution >= 4 is 40.2 Å². The van der Waals surface area contributed by atoms with Crippen LogP contribution in [0.2, 0.25) is 0 Å². The minimum absolute atomic E-state index is 0.0237. The van der Waals surface area contributed by atoms with Crippen LogP contribution in [0.5, 0.6) is 0 Å². The highest BCUT2D eigenvalue weighted by Crippen LogP contribution is 2.61. The van der Waals surface area contributed by atoms with Crippen LogP contribution < -0.4 is 9.80 Å². The van der Waals surface area contributed by atoms with Crippen LogP contribution in [0.1, 0.15) is 295 Å². The molecule has 102 heavy (non-hydrogen) atoms. The van der Waals surface area contributed by atoms with Gasteiger partial charge in [-0.3, -0.25) is 0 Å². The molecule has 2 aliphatic rings. The second kappa shape index (κ2) is 36.6. The Kier molecular flexibility index (Phi) is 27.1. The smallest absolute Gasteiger partial charge is 0.0462 e. The second-order valence-corrected chi connectivity index (χ2v) is 32.2. The number of fused-ring (bicyclic) bond motifs is 6. The molecule has 0 unspecified atom stereocenters. The minimum atomic E-state index is -0.0241. The summed E-state index contributed by atoms with van der Waals surface area (Å²) in [4.78, 5) is 4.81. The molecule has 0 bridgehead atoms. The van der Waals surface area contributed by atoms with Crippen LogP contribution in [0, 0.1) is 13.8 Å². The number of unbranched alkanes of at least 4 members (excludes halogenated alkanes) is 20. The van der Waals surface area contributed by atoms with E-state index in [-0.39, 0.29) is 16.2 Å². The summed E-state index contributed by atoms with van der Waals surface area (Å²) in [6.45, 7) is 24.7. The number of aryl methyl sites for hydroxylation is 6. The van der Waals surface area contributed by atoms with Crippen LogP contribution >= 0.6 is 0 Å². The van der Waals surface area contributed by atoms with Crippen molar-refractivity contribution in [2.24, 2.45) is 0 Å². The maximum Gasteiger partial charge on any atom is 0.0462 e. The van der Waals surface area contributed by atoms with Gasteiger partial charge in [0.2, 0.25) is 0 Å². The number of anilines is 6. The summed E-state index contributed by atoms with van der Waals surface area (Å²) < 4.78 is 0. The molecule has 0 fully saturated rings. The quantitative estimate of drug-likeness (QED) is 0.0353. The molecule has 0 N–H and O–H groups in total. The van der Waals surface area contributed by atoms with Gasteiger partial charge in [-0.1, -0.05) is 336 Å². The van der Waals surface area contributed by atoms with Gasteiger partial charge in [0, 0.05) is 45.0 Å². The Balaban J connectivity index is 0.954. The van der Waals surface area contributed by atoms with E-state index < -0.39 is 0 Å². The van der Waals surface area contributed by atoms with Crippen molar-refractivity contribution < 1.29 is 0 Å². The normalized spacial score (nSPS) is 13.2. The van der Waals surface area contributed by atoms with Crippen LogP contribution in [-0.2, 0) is 41.9 Å². The first-order chi connectivity index (χ1) is 49.8. The molecule has 0 radical (unpaired) electrons. The van der Waals surface area contributed by atoms with E-state index in [0.717, 1.165) is 36.9 Å². The summed E-state index contributed by atoms with van der Waals surface area (Å²) in [6, 6.07) is 76.6. The van der Waals surface area contributed by atoms with Gasteiger partial charge in [0.1, 0.15) is 0 Å². The number of benzene rings is 9. The molecule has 0 amide bonds. The average molecular weight is 1360 g/mol. The molecular formula is C100H126N2. The lowest BCUT2D eigenvalue weighted by molar-refractivity contribution is 0.394. The maximum atomic E-state index is 4.03. The Morgan fingerprint density at radius 1 is 0.294 bits per heavy atom. The van der Waals surface area contributed by atoms with Gasteiger partial charge >= 0.3 is 0 Å². The third kappa shape index (κ3) is 18.4. The SMILES string of the molecule is C=Cc1ccc(N(c2ccc(C)cc2)c2ccc(CCc3ccc4c(c3)C(CCCCCCCC)(CCCCCCCC)c3cc5c(cc3-4)C(CCCCCCCC)(CCCCCCCC)c3cc(CCc4ccc(N(c6ccc(C)cc6)c6ccc(C(C)(C)C)cc6)cc4)ccc3-5)cc2)cc1. The molecular weight excluding hydrogens is 1230 g/mol. The first-order valence-corrected chi connectivity index (χ1v) is 41.0. The van der Waals surface area contributed by atoms with Gasteiger partial charge < -0.3 is 9.80 Å². The van der Waals surface area contributed by atoms with E-state index in [1.165, 1.54) is 258 Å². The van der Waals surface area contributed by atoms with Crippen molar-refractivity contribution in [3.8, 4) is 22.3 Å². The molecule has 9 aromatic carbocycles. The first kappa shape index (κ1) is 75.5. The summed E-state index contributed by atoms with van der Waals surface area (Å²) >= 11 is 0. The monoisotopic (exact) mass is 1350 g/mol. The highest BCUT2D eigenvalue weighted by Gasteiger charge is 2.48. The second-order valence-electron chi connectivity index (χ2n) is 32.2. The third-order valence-electron chi connectivity index (χ3n) is 23.6. The minimum Gasteiger partial charge on any atom is -0.311 e. The molecule has 0 saturated carbocycles. The Morgan fingerprint density at radius 3 is 0.873 bits per heavy atom.